The number of nitro groups is 1. The van der Waals surface area contributed by atoms with E-state index in [4.69, 9.17) is 27.3 Å². The maximum Gasteiger partial charge on any atom is 0.270 e. The number of oxime groups is 2. The molecule has 0 spiro atoms. The smallest absolute Gasteiger partial charge is 0.270 e. The second-order valence-electron chi connectivity index (χ2n) is 4.26. The molecule has 0 radical (unpaired) electrons. The van der Waals surface area contributed by atoms with Crippen LogP contribution in [0.15, 0.2) is 58.8 Å². The number of halogens is 1. The second-order valence-corrected chi connectivity index (χ2v) is 4.62. The zero-order valence-electron chi connectivity index (χ0n) is 16.5. The van der Waals surface area contributed by atoms with Gasteiger partial charge in [0.2, 0.25) is 0 Å². The van der Waals surface area contributed by atoms with Crippen molar-refractivity contribution in [2.24, 2.45) is 10.3 Å². The van der Waals surface area contributed by atoms with Crippen molar-refractivity contribution in [2.45, 2.75) is 27.7 Å². The first-order valence-electron chi connectivity index (χ1n) is 8.48. The summed E-state index contributed by atoms with van der Waals surface area (Å²) in [5, 5.41) is 40.3. The van der Waals surface area contributed by atoms with Crippen LogP contribution in [0.25, 0.3) is 0 Å². The molecule has 11 heteroatoms. The van der Waals surface area contributed by atoms with Gasteiger partial charge < -0.3 is 10.4 Å². The van der Waals surface area contributed by atoms with E-state index in [1.54, 1.807) is 24.3 Å². The van der Waals surface area contributed by atoms with Gasteiger partial charge in [-0.25, -0.2) is 10.7 Å². The van der Waals surface area contributed by atoms with Gasteiger partial charge in [-0.15, -0.1) is 4.99 Å². The molecule has 0 aliphatic carbocycles. The summed E-state index contributed by atoms with van der Waals surface area (Å²) < 4.78 is 0. The van der Waals surface area contributed by atoms with E-state index in [1.807, 2.05) is 27.7 Å². The van der Waals surface area contributed by atoms with Crippen molar-refractivity contribution in [3.05, 3.63) is 69.8 Å². The van der Waals surface area contributed by atoms with E-state index >= 15 is 0 Å². The molecule has 2 rings (SSSR count). The molecule has 2 aromatic rings. The molecule has 0 heterocycles. The lowest BCUT2D eigenvalue weighted by molar-refractivity contribution is -0.384. The number of non-ortho nitro benzene ring substituents is 1. The number of hydrogen-bond donors (Lipinski definition) is 4. The van der Waals surface area contributed by atoms with Gasteiger partial charge in [0.05, 0.1) is 16.8 Å². The summed E-state index contributed by atoms with van der Waals surface area (Å²) in [4.78, 5) is 13.5. The normalized spacial score (nSPS) is 9.79. The lowest BCUT2D eigenvalue weighted by Crippen LogP contribution is -1.96. The number of nitro benzene ring substituents is 1. The van der Waals surface area contributed by atoms with Crippen LogP contribution in [-0.2, 0) is 4.99 Å². The summed E-state index contributed by atoms with van der Waals surface area (Å²) in [6.07, 6.45) is 1.27. The van der Waals surface area contributed by atoms with Crippen LogP contribution in [0.2, 0.25) is 0 Å². The molecule has 0 saturated heterocycles. The standard InChI is InChI=1S/C7H5ClN2O3.C7H8N2O3.2C2H6/c8-7(9-11)5-2-1-3-6(4-5)10(12)13;10-8-5-6-2-1-3-7(4-6)9-12-11;2*1-2/h1-4,11H;1-5,9-11H;2*1-2H3/b9-7-;8-5+;;. The molecule has 160 valence electrons. The van der Waals surface area contributed by atoms with Crippen LogP contribution >= 0.6 is 11.6 Å². The lowest BCUT2D eigenvalue weighted by Gasteiger charge is -2.00. The Morgan fingerprint density at radius 1 is 1.14 bits per heavy atom. The van der Waals surface area contributed by atoms with Crippen LogP contribution < -0.4 is 5.48 Å². The van der Waals surface area contributed by atoms with Crippen LogP contribution in [0.4, 0.5) is 11.4 Å². The zero-order valence-corrected chi connectivity index (χ0v) is 17.2. The van der Waals surface area contributed by atoms with E-state index in [9.17, 15) is 10.1 Å². The summed E-state index contributed by atoms with van der Waals surface area (Å²) >= 11 is 5.44. The number of nitrogens with zero attached hydrogens (tertiary/aromatic N) is 3. The summed E-state index contributed by atoms with van der Waals surface area (Å²) in [5.74, 6) is 0. The van der Waals surface area contributed by atoms with Crippen molar-refractivity contribution in [1.29, 1.82) is 0 Å². The topological polar surface area (TPSA) is 150 Å². The Kier molecular flexibility index (Phi) is 17.5. The number of nitrogens with one attached hydrogen (secondary N) is 1. The molecule has 0 amide bonds. The summed E-state index contributed by atoms with van der Waals surface area (Å²) in [7, 11) is 0. The van der Waals surface area contributed by atoms with E-state index in [2.05, 4.69) is 20.8 Å². The first-order chi connectivity index (χ1) is 14.0. The van der Waals surface area contributed by atoms with Crippen molar-refractivity contribution in [3.63, 3.8) is 0 Å². The maximum absolute atomic E-state index is 10.3. The third-order valence-corrected chi connectivity index (χ3v) is 2.93. The maximum atomic E-state index is 10.3. The molecule has 0 saturated carbocycles. The average Bonchev–Trinajstić information content (AvgIpc) is 2.77. The fourth-order valence-corrected chi connectivity index (χ4v) is 1.72. The van der Waals surface area contributed by atoms with Gasteiger partial charge in [-0.05, 0) is 17.7 Å². The second kappa shape index (κ2) is 18.2. The molecule has 4 N–H and O–H groups in total. The Labute approximate surface area is 173 Å². The Hall–Kier alpha value is -3.21. The minimum absolute atomic E-state index is 0.0979. The third-order valence-electron chi connectivity index (χ3n) is 2.64. The van der Waals surface area contributed by atoms with Gasteiger partial charge in [0.1, 0.15) is 0 Å². The predicted octanol–water partition coefficient (Wildman–Crippen LogP) is 5.33. The highest BCUT2D eigenvalue weighted by Crippen LogP contribution is 2.14. The van der Waals surface area contributed by atoms with E-state index in [-0.39, 0.29) is 10.9 Å². The van der Waals surface area contributed by atoms with Crippen LogP contribution in [0.5, 0.6) is 0 Å². The van der Waals surface area contributed by atoms with Crippen LogP contribution in [0.3, 0.4) is 0 Å². The highest BCUT2D eigenvalue weighted by Gasteiger charge is 2.08. The van der Waals surface area contributed by atoms with Crippen LogP contribution in [0, 0.1) is 10.1 Å². The van der Waals surface area contributed by atoms with E-state index in [1.165, 1.54) is 30.5 Å². The summed E-state index contributed by atoms with van der Waals surface area (Å²) in [5.41, 5.74) is 3.68. The number of rotatable bonds is 5. The first kappa shape index (κ1) is 28.0. The molecule has 0 aromatic heterocycles. The van der Waals surface area contributed by atoms with Crippen molar-refractivity contribution < 1.29 is 25.6 Å². The zero-order chi connectivity index (χ0) is 22.7. The van der Waals surface area contributed by atoms with Crippen molar-refractivity contribution >= 4 is 34.4 Å². The fraction of sp³-hybridized carbons (Fsp3) is 0.222. The number of hydrogen-bond acceptors (Lipinski definition) is 9. The number of benzene rings is 2. The SMILES string of the molecule is CC.CC.O/N=C/c1cccc(NOO)c1.O=[N+]([O-])c1cccc(/C(Cl)=N/O)c1. The third kappa shape index (κ3) is 12.0. The van der Waals surface area contributed by atoms with Gasteiger partial charge in [0, 0.05) is 17.7 Å². The molecule has 0 aliphatic rings. The minimum Gasteiger partial charge on any atom is -0.411 e. The Balaban J connectivity index is 0. The van der Waals surface area contributed by atoms with Crippen LogP contribution in [-0.4, -0.2) is 32.0 Å². The highest BCUT2D eigenvalue weighted by atomic mass is 35.5. The van der Waals surface area contributed by atoms with Gasteiger partial charge in [-0.3, -0.25) is 10.1 Å². The quantitative estimate of drug-likeness (QED) is 0.165. The van der Waals surface area contributed by atoms with Crippen molar-refractivity contribution in [2.75, 3.05) is 5.48 Å². The summed E-state index contributed by atoms with van der Waals surface area (Å²) in [6.45, 7) is 8.00. The van der Waals surface area contributed by atoms with Crippen molar-refractivity contribution in [3.8, 4) is 0 Å². The Morgan fingerprint density at radius 3 is 2.28 bits per heavy atom. The molecule has 29 heavy (non-hydrogen) atoms. The van der Waals surface area contributed by atoms with Gasteiger partial charge in [-0.2, -0.15) is 0 Å². The Bertz CT molecular complexity index is 772. The van der Waals surface area contributed by atoms with Gasteiger partial charge in [0.25, 0.3) is 5.69 Å². The number of anilines is 1. The Morgan fingerprint density at radius 2 is 1.76 bits per heavy atom. The van der Waals surface area contributed by atoms with Gasteiger partial charge in [0.15, 0.2) is 5.17 Å². The largest absolute Gasteiger partial charge is 0.411 e. The fourth-order valence-electron chi connectivity index (χ4n) is 1.61. The molecule has 0 bridgehead atoms. The van der Waals surface area contributed by atoms with Gasteiger partial charge >= 0.3 is 0 Å². The first-order valence-corrected chi connectivity index (χ1v) is 8.86. The molecular formula is C18H25ClN4O6. The highest BCUT2D eigenvalue weighted by molar-refractivity contribution is 6.69. The van der Waals surface area contributed by atoms with E-state index < -0.39 is 4.92 Å². The lowest BCUT2D eigenvalue weighted by atomic mass is 10.2. The average molecular weight is 429 g/mol. The van der Waals surface area contributed by atoms with Crippen molar-refractivity contribution in [1.82, 2.24) is 0 Å². The predicted molar refractivity (Wildman–Crippen MR) is 113 cm³/mol. The van der Waals surface area contributed by atoms with E-state index in [0.717, 1.165) is 0 Å². The molecule has 0 atom stereocenters. The monoisotopic (exact) mass is 428 g/mol. The van der Waals surface area contributed by atoms with E-state index in [0.29, 0.717) is 16.8 Å². The molecule has 2 aromatic carbocycles. The molecule has 10 nitrogen and oxygen atoms in total. The molecule has 0 fully saturated rings. The molecule has 0 aliphatic heterocycles. The van der Waals surface area contributed by atoms with Gasteiger partial charge in [-0.1, -0.05) is 73.9 Å². The molecule has 0 unspecified atom stereocenters. The minimum atomic E-state index is -0.551. The summed E-state index contributed by atoms with van der Waals surface area (Å²) in [6, 6.07) is 12.3. The van der Waals surface area contributed by atoms with Crippen LogP contribution in [0.1, 0.15) is 38.8 Å². The molecular weight excluding hydrogens is 404 g/mol.